The molecule has 130 valence electrons. The first-order valence-corrected chi connectivity index (χ1v) is 9.21. The fraction of sp³-hybridized carbons (Fsp3) is 0.222. The monoisotopic (exact) mass is 364 g/mol. The Hall–Kier alpha value is -3.00. The molecule has 1 aliphatic rings. The molecular weight excluding hydrogens is 348 g/mol. The molecular formula is C18H16N6OS. The van der Waals surface area contributed by atoms with E-state index in [1.54, 1.807) is 12.3 Å². The van der Waals surface area contributed by atoms with Crippen LogP contribution in [0.15, 0.2) is 47.4 Å². The van der Waals surface area contributed by atoms with Crippen LogP contribution in [0.1, 0.15) is 17.0 Å². The van der Waals surface area contributed by atoms with E-state index < -0.39 is 0 Å². The van der Waals surface area contributed by atoms with Gasteiger partial charge in [0.25, 0.3) is 0 Å². The Labute approximate surface area is 153 Å². The highest BCUT2D eigenvalue weighted by Gasteiger charge is 2.24. The van der Waals surface area contributed by atoms with Crippen molar-refractivity contribution in [3.05, 3.63) is 59.9 Å². The number of benzene rings is 1. The van der Waals surface area contributed by atoms with Crippen molar-refractivity contribution in [3.63, 3.8) is 0 Å². The van der Waals surface area contributed by atoms with E-state index >= 15 is 0 Å². The van der Waals surface area contributed by atoms with Crippen LogP contribution >= 0.6 is 11.3 Å². The van der Waals surface area contributed by atoms with Crippen LogP contribution in [0.2, 0.25) is 0 Å². The predicted octanol–water partition coefficient (Wildman–Crippen LogP) is 3.25. The molecule has 0 spiro atoms. The van der Waals surface area contributed by atoms with Gasteiger partial charge in [-0.2, -0.15) is 0 Å². The molecule has 26 heavy (non-hydrogen) atoms. The van der Waals surface area contributed by atoms with Crippen LogP contribution in [-0.2, 0) is 13.0 Å². The highest BCUT2D eigenvalue weighted by atomic mass is 32.1. The van der Waals surface area contributed by atoms with Gasteiger partial charge in [0.2, 0.25) is 5.13 Å². The molecule has 5 rings (SSSR count). The smallest absolute Gasteiger partial charge is 0.209 e. The Morgan fingerprint density at radius 2 is 2.00 bits per heavy atom. The third-order valence-corrected chi connectivity index (χ3v) is 5.57. The summed E-state index contributed by atoms with van der Waals surface area (Å²) in [4.78, 5) is 6.86. The number of hydrogen-bond acceptors (Lipinski definition) is 7. The van der Waals surface area contributed by atoms with Crippen molar-refractivity contribution in [2.75, 3.05) is 11.4 Å². The fourth-order valence-electron chi connectivity index (χ4n) is 3.17. The predicted molar refractivity (Wildman–Crippen MR) is 98.5 cm³/mol. The van der Waals surface area contributed by atoms with E-state index in [0.29, 0.717) is 0 Å². The summed E-state index contributed by atoms with van der Waals surface area (Å²) in [5, 5.41) is 14.1. The van der Waals surface area contributed by atoms with Crippen LogP contribution in [0, 0.1) is 6.92 Å². The molecule has 0 radical (unpaired) electrons. The van der Waals surface area contributed by atoms with Crippen molar-refractivity contribution in [1.29, 1.82) is 0 Å². The molecule has 0 atom stereocenters. The zero-order valence-corrected chi connectivity index (χ0v) is 15.0. The summed E-state index contributed by atoms with van der Waals surface area (Å²) in [6.07, 6.45) is 4.38. The number of aromatic nitrogens is 5. The van der Waals surface area contributed by atoms with Crippen molar-refractivity contribution in [2.24, 2.45) is 0 Å². The van der Waals surface area contributed by atoms with E-state index in [0.717, 1.165) is 46.7 Å². The second-order valence-corrected chi connectivity index (χ2v) is 7.25. The van der Waals surface area contributed by atoms with Gasteiger partial charge in [0.15, 0.2) is 5.01 Å². The second-order valence-electron chi connectivity index (χ2n) is 6.29. The van der Waals surface area contributed by atoms with E-state index in [9.17, 15) is 0 Å². The average Bonchev–Trinajstić information content (AvgIpc) is 3.41. The van der Waals surface area contributed by atoms with E-state index in [2.05, 4.69) is 61.0 Å². The van der Waals surface area contributed by atoms with Gasteiger partial charge in [0.05, 0.1) is 18.6 Å². The van der Waals surface area contributed by atoms with Crippen molar-refractivity contribution >= 4 is 16.5 Å². The first-order valence-electron chi connectivity index (χ1n) is 8.39. The van der Waals surface area contributed by atoms with Gasteiger partial charge in [-0.25, -0.2) is 4.98 Å². The minimum Gasteiger partial charge on any atom is -0.364 e. The molecule has 1 aromatic carbocycles. The molecule has 0 saturated heterocycles. The number of nitrogens with zero attached hydrogens (tertiary/aromatic N) is 6. The maximum Gasteiger partial charge on any atom is 0.209 e. The molecule has 0 unspecified atom stereocenters. The molecule has 0 saturated carbocycles. The zero-order chi connectivity index (χ0) is 17.5. The van der Waals surface area contributed by atoms with E-state index in [1.165, 1.54) is 22.6 Å². The molecule has 8 heteroatoms. The molecule has 4 aromatic rings. The number of aryl methyl sites for hydroxylation is 1. The number of imidazole rings is 1. The van der Waals surface area contributed by atoms with Crippen LogP contribution in [-0.4, -0.2) is 31.4 Å². The molecule has 3 aromatic heterocycles. The minimum atomic E-state index is 0.718. The SMILES string of the molecule is Cc1ccc(-n2cnc3c2CCN(c2nnc(-c4ccon4)s2)C3)cc1. The third kappa shape index (κ3) is 2.59. The number of anilines is 1. The lowest BCUT2D eigenvalue weighted by Crippen LogP contribution is -2.31. The van der Waals surface area contributed by atoms with Gasteiger partial charge in [-0.1, -0.05) is 34.2 Å². The Bertz CT molecular complexity index is 1030. The molecule has 0 aliphatic carbocycles. The quantitative estimate of drug-likeness (QED) is 0.556. The average molecular weight is 364 g/mol. The molecule has 0 amide bonds. The van der Waals surface area contributed by atoms with Gasteiger partial charge in [-0.3, -0.25) is 0 Å². The fourth-order valence-corrected chi connectivity index (χ4v) is 4.00. The van der Waals surface area contributed by atoms with Crippen molar-refractivity contribution in [2.45, 2.75) is 19.9 Å². The van der Waals surface area contributed by atoms with Crippen LogP contribution in [0.4, 0.5) is 5.13 Å². The summed E-state index contributed by atoms with van der Waals surface area (Å²) in [7, 11) is 0. The molecule has 7 nitrogen and oxygen atoms in total. The lowest BCUT2D eigenvalue weighted by Gasteiger charge is -2.26. The van der Waals surface area contributed by atoms with Crippen LogP contribution in [0.5, 0.6) is 0 Å². The highest BCUT2D eigenvalue weighted by molar-refractivity contribution is 7.18. The number of rotatable bonds is 3. The summed E-state index contributed by atoms with van der Waals surface area (Å²) in [6, 6.07) is 10.3. The van der Waals surface area contributed by atoms with E-state index in [1.807, 2.05) is 6.33 Å². The third-order valence-electron chi connectivity index (χ3n) is 4.57. The standard InChI is InChI=1S/C18H16N6OS/c1-12-2-4-13(5-3-12)24-11-19-15-10-23(8-6-16(15)24)18-21-20-17(26-18)14-7-9-25-22-14/h2-5,7,9,11H,6,8,10H2,1H3. The van der Waals surface area contributed by atoms with Gasteiger partial charge in [0, 0.05) is 30.4 Å². The van der Waals surface area contributed by atoms with Crippen molar-refractivity contribution < 1.29 is 4.52 Å². The lowest BCUT2D eigenvalue weighted by molar-refractivity contribution is 0.422. The van der Waals surface area contributed by atoms with Gasteiger partial charge in [-0.05, 0) is 19.1 Å². The van der Waals surface area contributed by atoms with Crippen LogP contribution in [0.25, 0.3) is 16.4 Å². The first-order chi connectivity index (χ1) is 12.8. The maximum absolute atomic E-state index is 4.88. The first kappa shape index (κ1) is 15.3. The van der Waals surface area contributed by atoms with Crippen LogP contribution < -0.4 is 4.90 Å². The molecule has 4 heterocycles. The summed E-state index contributed by atoms with van der Waals surface area (Å²) in [5.74, 6) is 0. The highest BCUT2D eigenvalue weighted by Crippen LogP contribution is 2.31. The van der Waals surface area contributed by atoms with Gasteiger partial charge < -0.3 is 14.0 Å². The summed E-state index contributed by atoms with van der Waals surface area (Å²) in [5.41, 5.74) is 5.49. The van der Waals surface area contributed by atoms with Crippen LogP contribution in [0.3, 0.4) is 0 Å². The normalized spacial score (nSPS) is 13.8. The Morgan fingerprint density at radius 3 is 2.81 bits per heavy atom. The Kier molecular flexibility index (Phi) is 3.56. The summed E-state index contributed by atoms with van der Waals surface area (Å²) < 4.78 is 7.07. The Morgan fingerprint density at radius 1 is 1.12 bits per heavy atom. The maximum atomic E-state index is 4.88. The molecule has 0 bridgehead atoms. The molecule has 1 aliphatic heterocycles. The van der Waals surface area contributed by atoms with E-state index in [4.69, 9.17) is 4.52 Å². The number of fused-ring (bicyclic) bond motifs is 1. The lowest BCUT2D eigenvalue weighted by atomic mass is 10.1. The van der Waals surface area contributed by atoms with Gasteiger partial charge in [-0.15, -0.1) is 10.2 Å². The Balaban J connectivity index is 1.40. The largest absolute Gasteiger partial charge is 0.364 e. The zero-order valence-electron chi connectivity index (χ0n) is 14.2. The topological polar surface area (TPSA) is 72.9 Å². The number of hydrogen-bond donors (Lipinski definition) is 0. The summed E-state index contributed by atoms with van der Waals surface area (Å²) in [6.45, 7) is 3.72. The van der Waals surface area contributed by atoms with Crippen molar-refractivity contribution in [1.82, 2.24) is 24.9 Å². The van der Waals surface area contributed by atoms with Crippen molar-refractivity contribution in [3.8, 4) is 16.4 Å². The minimum absolute atomic E-state index is 0.718. The second kappa shape index (κ2) is 6.06. The molecule has 0 fully saturated rings. The van der Waals surface area contributed by atoms with E-state index in [-0.39, 0.29) is 0 Å². The molecule has 0 N–H and O–H groups in total. The summed E-state index contributed by atoms with van der Waals surface area (Å²) >= 11 is 1.52. The van der Waals surface area contributed by atoms with Gasteiger partial charge in [0.1, 0.15) is 12.0 Å². The van der Waals surface area contributed by atoms with Gasteiger partial charge >= 0.3 is 0 Å².